The number of carbonyl (C=O) groups is 1. The Morgan fingerprint density at radius 3 is 2.28 bits per heavy atom. The van der Waals surface area contributed by atoms with E-state index in [4.69, 9.17) is 27.9 Å². The number of aliphatic hydroxyl groups excluding tert-OH is 1. The predicted molar refractivity (Wildman–Crippen MR) is 108 cm³/mol. The fourth-order valence-electron chi connectivity index (χ4n) is 3.29. The third-order valence-electron chi connectivity index (χ3n) is 4.85. The molecule has 15 heteroatoms. The average molecular weight is 521 g/mol. The molecule has 1 fully saturated rings. The standard InChI is InChI=1S/C17H15Cl2F5N4O3S/c1-31-16(30)17(2-3-17)13-12(8-25)27-28(15(13)26-4-5-29)14-10(18)6-9(7-11(14)19)32(20,21,22,23)24/h6-7,26,29H,2-5H2,1H3. The molecule has 0 saturated heterocycles. The zero-order chi connectivity index (χ0) is 24.2. The molecule has 0 atom stereocenters. The number of nitriles is 1. The summed E-state index contributed by atoms with van der Waals surface area (Å²) in [7, 11) is -8.94. The van der Waals surface area contributed by atoms with Gasteiger partial charge in [0.25, 0.3) is 0 Å². The van der Waals surface area contributed by atoms with Crippen LogP contribution in [0.1, 0.15) is 24.1 Å². The third kappa shape index (κ3) is 4.19. The van der Waals surface area contributed by atoms with Gasteiger partial charge in [0.2, 0.25) is 0 Å². The van der Waals surface area contributed by atoms with Crippen molar-refractivity contribution in [2.24, 2.45) is 0 Å². The van der Waals surface area contributed by atoms with Gasteiger partial charge in [-0.25, -0.2) is 4.68 Å². The number of methoxy groups -OCH3 is 1. The summed E-state index contributed by atoms with van der Waals surface area (Å²) in [6.07, 6.45) is 0.580. The number of carbonyl (C=O) groups excluding carboxylic acids is 1. The first-order valence-corrected chi connectivity index (χ1v) is 11.5. The maximum absolute atomic E-state index is 13.2. The van der Waals surface area contributed by atoms with E-state index >= 15 is 0 Å². The van der Waals surface area contributed by atoms with Gasteiger partial charge in [0.15, 0.2) is 5.69 Å². The number of aliphatic hydroxyl groups is 1. The number of benzene rings is 1. The van der Waals surface area contributed by atoms with Crippen LogP contribution in [0.3, 0.4) is 0 Å². The number of hydrogen-bond acceptors (Lipinski definition) is 6. The number of halogens is 7. The average Bonchev–Trinajstić information content (AvgIpc) is 3.39. The van der Waals surface area contributed by atoms with Gasteiger partial charge in [0.1, 0.15) is 22.5 Å². The molecule has 1 saturated carbocycles. The highest BCUT2D eigenvalue weighted by Crippen LogP contribution is 3.02. The highest BCUT2D eigenvalue weighted by molar-refractivity contribution is 8.45. The van der Waals surface area contributed by atoms with E-state index in [2.05, 4.69) is 10.4 Å². The Bertz CT molecular complexity index is 1140. The predicted octanol–water partition coefficient (Wildman–Crippen LogP) is 5.32. The minimum Gasteiger partial charge on any atom is -0.468 e. The molecule has 176 valence electrons. The minimum absolute atomic E-state index is 0.0146. The van der Waals surface area contributed by atoms with Crippen molar-refractivity contribution >= 4 is 45.2 Å². The Morgan fingerprint density at radius 1 is 1.31 bits per heavy atom. The lowest BCUT2D eigenvalue weighted by atomic mass is 9.95. The number of anilines is 1. The van der Waals surface area contributed by atoms with E-state index in [1.807, 2.05) is 0 Å². The SMILES string of the molecule is COC(=O)C1(c2c(C#N)nn(-c3c(Cl)cc(S(F)(F)(F)(F)F)cc3Cl)c2NCCO)CC1. The highest BCUT2D eigenvalue weighted by atomic mass is 35.5. The molecule has 2 N–H and O–H groups in total. The number of nitrogens with zero attached hydrogens (tertiary/aromatic N) is 3. The van der Waals surface area contributed by atoms with Crippen molar-refractivity contribution in [3.05, 3.63) is 33.4 Å². The van der Waals surface area contributed by atoms with Crippen molar-refractivity contribution < 1.29 is 34.1 Å². The van der Waals surface area contributed by atoms with Crippen molar-refractivity contribution in [3.8, 4) is 11.8 Å². The topological polar surface area (TPSA) is 100 Å². The molecule has 1 aromatic carbocycles. The van der Waals surface area contributed by atoms with Gasteiger partial charge < -0.3 is 15.2 Å². The number of aromatic nitrogens is 2. The molecule has 1 heterocycles. The second-order valence-electron chi connectivity index (χ2n) is 7.02. The van der Waals surface area contributed by atoms with Crippen LogP contribution in [0, 0.1) is 11.3 Å². The van der Waals surface area contributed by atoms with Crippen LogP contribution in [-0.2, 0) is 14.9 Å². The molecule has 32 heavy (non-hydrogen) atoms. The number of nitrogens with one attached hydrogen (secondary N) is 1. The number of rotatable bonds is 7. The molecular weight excluding hydrogens is 506 g/mol. The summed E-state index contributed by atoms with van der Waals surface area (Å²) in [5.41, 5.74) is -1.89. The van der Waals surface area contributed by atoms with Gasteiger partial charge in [0, 0.05) is 6.54 Å². The van der Waals surface area contributed by atoms with E-state index in [9.17, 15) is 34.6 Å². The van der Waals surface area contributed by atoms with Gasteiger partial charge in [-0.1, -0.05) is 42.6 Å². The van der Waals surface area contributed by atoms with Crippen molar-refractivity contribution in [2.45, 2.75) is 23.2 Å². The molecule has 2 aromatic rings. The Morgan fingerprint density at radius 2 is 1.88 bits per heavy atom. The number of esters is 1. The molecule has 0 unspecified atom stereocenters. The summed E-state index contributed by atoms with van der Waals surface area (Å²) in [5, 5.41) is 23.9. The Kier molecular flexibility index (Phi) is 5.42. The highest BCUT2D eigenvalue weighted by Gasteiger charge is 2.65. The van der Waals surface area contributed by atoms with Gasteiger partial charge in [-0.3, -0.25) is 4.79 Å². The van der Waals surface area contributed by atoms with Crippen LogP contribution in [0.25, 0.3) is 5.69 Å². The van der Waals surface area contributed by atoms with Crippen LogP contribution >= 0.6 is 33.4 Å². The maximum atomic E-state index is 13.2. The summed E-state index contributed by atoms with van der Waals surface area (Å²) < 4.78 is 71.8. The molecule has 1 aromatic heterocycles. The van der Waals surface area contributed by atoms with Crippen LogP contribution in [-0.4, -0.2) is 41.1 Å². The van der Waals surface area contributed by atoms with E-state index in [-0.39, 0.29) is 35.8 Å². The second kappa shape index (κ2) is 7.11. The molecule has 7 nitrogen and oxygen atoms in total. The summed E-state index contributed by atoms with van der Waals surface area (Å²) >= 11 is 11.8. The molecule has 0 amide bonds. The first-order valence-electron chi connectivity index (χ1n) is 8.80. The zero-order valence-electron chi connectivity index (χ0n) is 16.1. The fourth-order valence-corrected chi connectivity index (χ4v) is 4.75. The summed E-state index contributed by atoms with van der Waals surface area (Å²) in [6.45, 7) is -0.512. The summed E-state index contributed by atoms with van der Waals surface area (Å²) in [4.78, 5) is 10.1. The Hall–Kier alpha value is -2.27. The van der Waals surface area contributed by atoms with E-state index in [1.54, 1.807) is 6.07 Å². The monoisotopic (exact) mass is 520 g/mol. The number of ether oxygens (including phenoxy) is 1. The zero-order valence-corrected chi connectivity index (χ0v) is 18.5. The molecule has 0 radical (unpaired) electrons. The van der Waals surface area contributed by atoms with Crippen LogP contribution in [0.4, 0.5) is 25.2 Å². The fraction of sp³-hybridized carbons (Fsp3) is 0.353. The van der Waals surface area contributed by atoms with E-state index < -0.39 is 48.8 Å². The van der Waals surface area contributed by atoms with Gasteiger partial charge in [-0.2, -0.15) is 10.4 Å². The summed E-state index contributed by atoms with van der Waals surface area (Å²) in [6, 6.07) is 1.82. The Balaban J connectivity index is 2.31. The van der Waals surface area contributed by atoms with Crippen molar-refractivity contribution in [3.63, 3.8) is 0 Å². The summed E-state index contributed by atoms with van der Waals surface area (Å²) in [5.74, 6) is -0.739. The normalized spacial score (nSPS) is 17.1. The van der Waals surface area contributed by atoms with Crippen LogP contribution in [0.2, 0.25) is 10.0 Å². The number of hydrogen-bond donors (Lipinski definition) is 2. The molecule has 0 aliphatic heterocycles. The largest absolute Gasteiger partial charge is 0.468 e. The van der Waals surface area contributed by atoms with E-state index in [1.165, 1.54) is 0 Å². The van der Waals surface area contributed by atoms with E-state index in [0.717, 1.165) is 11.8 Å². The van der Waals surface area contributed by atoms with Gasteiger partial charge in [-0.05, 0) is 25.0 Å². The van der Waals surface area contributed by atoms with Gasteiger partial charge in [-0.15, -0.1) is 0 Å². The smallest absolute Gasteiger partial charge is 0.316 e. The molecule has 0 spiro atoms. The maximum Gasteiger partial charge on any atom is 0.316 e. The van der Waals surface area contributed by atoms with Gasteiger partial charge >= 0.3 is 16.2 Å². The molecule has 3 rings (SSSR count). The first kappa shape index (κ1) is 24.4. The van der Waals surface area contributed by atoms with Crippen molar-refractivity contribution in [2.75, 3.05) is 25.6 Å². The second-order valence-corrected chi connectivity index (χ2v) is 10.2. The van der Waals surface area contributed by atoms with E-state index in [0.29, 0.717) is 12.8 Å². The Labute approximate surface area is 188 Å². The van der Waals surface area contributed by atoms with Crippen LogP contribution in [0.5, 0.6) is 0 Å². The molecule has 0 bridgehead atoms. The molecule has 1 aliphatic rings. The lowest BCUT2D eigenvalue weighted by Crippen LogP contribution is -2.24. The first-order chi connectivity index (χ1) is 14.6. The van der Waals surface area contributed by atoms with Gasteiger partial charge in [0.05, 0.1) is 34.7 Å². The lowest BCUT2D eigenvalue weighted by Gasteiger charge is -2.40. The van der Waals surface area contributed by atoms with Crippen molar-refractivity contribution in [1.82, 2.24) is 9.78 Å². The van der Waals surface area contributed by atoms with Crippen LogP contribution in [0.15, 0.2) is 17.0 Å². The molecule has 1 aliphatic carbocycles. The van der Waals surface area contributed by atoms with Crippen LogP contribution < -0.4 is 5.32 Å². The molecular formula is C17H15Cl2F5N4O3S. The lowest BCUT2D eigenvalue weighted by molar-refractivity contribution is -0.143. The minimum atomic E-state index is -10.1. The third-order valence-corrected chi connectivity index (χ3v) is 6.55. The quantitative estimate of drug-likeness (QED) is 0.378. The van der Waals surface area contributed by atoms with Crippen molar-refractivity contribution in [1.29, 1.82) is 5.26 Å².